The van der Waals surface area contributed by atoms with Crippen molar-refractivity contribution in [2.24, 2.45) is 0 Å². The molecule has 5 aliphatic rings. The minimum Gasteiger partial charge on any atom is -0.748 e. The molecule has 9 rings (SSSR count). The van der Waals surface area contributed by atoms with E-state index in [4.69, 9.17) is 4.74 Å². The molecule has 4 heterocycles. The molecule has 18 nitrogen and oxygen atoms in total. The first kappa shape index (κ1) is 68.7. The summed E-state index contributed by atoms with van der Waals surface area (Å²) in [6, 6.07) is 17.3. The molecule has 2 N–H and O–H groups in total. The zero-order chi connectivity index (χ0) is 53.6. The fourth-order valence-electron chi connectivity index (χ4n) is 12.3. The van der Waals surface area contributed by atoms with Crippen LogP contribution in [0.15, 0.2) is 130 Å². The smallest absolute Gasteiger partial charge is 0.748 e. The molecule has 0 amide bonds. The van der Waals surface area contributed by atoms with E-state index in [1.807, 2.05) is 57.2 Å². The first-order valence-corrected chi connectivity index (χ1v) is 29.6. The van der Waals surface area contributed by atoms with E-state index < -0.39 is 51.3 Å². The van der Waals surface area contributed by atoms with E-state index in [0.29, 0.717) is 85.1 Å². The van der Waals surface area contributed by atoms with Gasteiger partial charge in [0.25, 0.3) is 0 Å². The van der Waals surface area contributed by atoms with Gasteiger partial charge in [-0.15, -0.1) is 0 Å². The van der Waals surface area contributed by atoms with Crippen LogP contribution in [0.4, 0.5) is 11.4 Å². The van der Waals surface area contributed by atoms with Gasteiger partial charge in [0.2, 0.25) is 10.6 Å². The molecule has 4 aliphatic heterocycles. The number of benzene rings is 4. The van der Waals surface area contributed by atoms with Gasteiger partial charge < -0.3 is 38.9 Å². The van der Waals surface area contributed by atoms with Crippen LogP contribution in [0.5, 0.6) is 0 Å². The van der Waals surface area contributed by atoms with Crippen LogP contribution in [0.3, 0.4) is 0 Å². The number of fused-ring (bicyclic) bond motifs is 7. The number of quaternary nitrogens is 1. The fraction of sp³-hybridized carbons (Fsp3) is 0.415. The van der Waals surface area contributed by atoms with Crippen LogP contribution in [-0.2, 0) is 55.3 Å². The molecule has 25 heteroatoms. The van der Waals surface area contributed by atoms with E-state index in [1.165, 1.54) is 26.0 Å². The first-order valence-electron chi connectivity index (χ1n) is 24.5. The Morgan fingerprint density at radius 3 is 2.00 bits per heavy atom. The van der Waals surface area contributed by atoms with E-state index in [2.05, 4.69) is 62.4 Å². The molecule has 0 aromatic heterocycles. The standard InChI is InChI=1S/C53H62N4O13S4.3K.H2O/c1-9-68-35(3)54-27-29-55(30-28-54)50-36(14-22-46-51(4,5)48-42-18-16-40(71-70-69-58)32-38(42)12-20-44(48)56(46)26-24-34(2)72(59,60)61)10-11-37(50)15-23-47-52(6,7)49-43-19-17-41(73(62,63)64)33-39(43)13-21-45(49)57(47)31-25-53(57,8)74(65,66)67;;;;/h12-23,32-34H,3,9-11,24-31H2,1-2,4-8H3,(H2-2,58,59,60,61,62,63,64,65,66,67);;;;1H2/q;3*+1;/p-2/b37-15+,47-23+;;;;. The first-order chi connectivity index (χ1) is 34.7. The summed E-state index contributed by atoms with van der Waals surface area (Å²) in [6.45, 7) is 20.8. The number of nitrogens with zero attached hydrogens (tertiary/aromatic N) is 4. The van der Waals surface area contributed by atoms with Crippen molar-refractivity contribution in [3.05, 3.63) is 131 Å². The number of ether oxygens (including phenoxy) is 1. The van der Waals surface area contributed by atoms with E-state index in [0.717, 1.165) is 62.2 Å². The van der Waals surface area contributed by atoms with Crippen LogP contribution in [0.1, 0.15) is 85.3 Å². The Hall–Kier alpha value is -0.0409. The molecule has 1 saturated carbocycles. The van der Waals surface area contributed by atoms with E-state index in [1.54, 1.807) is 18.2 Å². The molecular weight excluding hydrogens is 1160 g/mol. The van der Waals surface area contributed by atoms with Crippen molar-refractivity contribution < 1.29 is 222 Å². The SMILES string of the molecule is C=C(OCC)N1CC[N+](=C2C(=CC=C3N(CCC(C)S(=O)(=O)[O-])c4ccc5cc(SOO[O-])ccc5c4C3(C)C)CC/C2=C\C=C2/C(C)(C)c3c(ccc4cc(S(=O)(=O)[O-])ccc34)[N+]23CCC3(C)S(=O)(=O)[O-])CC1.O.[K+].[K+].[K+]. The summed E-state index contributed by atoms with van der Waals surface area (Å²) in [6.07, 6.45) is 9.71. The van der Waals surface area contributed by atoms with E-state index >= 15 is 0 Å². The third-order valence-corrected chi connectivity index (χ3v) is 20.5. The second kappa shape index (κ2) is 25.9. The van der Waals surface area contributed by atoms with Gasteiger partial charge in [0.05, 0.1) is 65.1 Å². The van der Waals surface area contributed by atoms with Gasteiger partial charge in [-0.3, -0.25) is 5.04 Å². The van der Waals surface area contributed by atoms with Crippen LogP contribution in [0.2, 0.25) is 0 Å². The predicted octanol–water partition coefficient (Wildman–Crippen LogP) is -2.61. The quantitative estimate of drug-likeness (QED) is 0.0183. The molecular formula is C53H62K3N4O14S4+. The summed E-state index contributed by atoms with van der Waals surface area (Å²) < 4.78 is 126. The minimum absolute atomic E-state index is 0. The second-order valence-corrected chi connectivity index (χ2v) is 26.6. The molecule has 4 aromatic carbocycles. The number of piperazine rings is 1. The molecule has 4 aromatic rings. The van der Waals surface area contributed by atoms with Crippen molar-refractivity contribution >= 4 is 81.0 Å². The molecule has 78 heavy (non-hydrogen) atoms. The molecule has 0 bridgehead atoms. The Morgan fingerprint density at radius 1 is 0.821 bits per heavy atom. The van der Waals surface area contributed by atoms with Gasteiger partial charge in [-0.1, -0.05) is 38.1 Å². The Morgan fingerprint density at radius 2 is 1.42 bits per heavy atom. The van der Waals surface area contributed by atoms with Gasteiger partial charge >= 0.3 is 154 Å². The summed E-state index contributed by atoms with van der Waals surface area (Å²) in [4.78, 5) is 2.72. The maximum Gasteiger partial charge on any atom is 1.00 e. The second-order valence-electron chi connectivity index (χ2n) is 20.9. The molecule has 1 spiro atoms. The van der Waals surface area contributed by atoms with Crippen LogP contribution >= 0.6 is 12.0 Å². The Labute approximate surface area is 589 Å². The summed E-state index contributed by atoms with van der Waals surface area (Å²) in [5.74, 6) is 0.598. The van der Waals surface area contributed by atoms with E-state index in [-0.39, 0.29) is 188 Å². The Balaban J connectivity index is 0.00000280. The van der Waals surface area contributed by atoms with Crippen molar-refractivity contribution in [3.8, 4) is 0 Å². The van der Waals surface area contributed by atoms with Crippen molar-refractivity contribution in [2.75, 3.05) is 50.8 Å². The number of allylic oxidation sites excluding steroid dienone is 8. The molecule has 0 radical (unpaired) electrons. The average Bonchev–Trinajstić information content (AvgIpc) is 3.92. The van der Waals surface area contributed by atoms with Crippen LogP contribution < -0.4 is 169 Å². The van der Waals surface area contributed by atoms with Gasteiger partial charge in [-0.05, 0) is 135 Å². The van der Waals surface area contributed by atoms with Gasteiger partial charge in [0.1, 0.15) is 21.5 Å². The monoisotopic (exact) mass is 1220 g/mol. The summed E-state index contributed by atoms with van der Waals surface area (Å²) >= 11 is 0.793. The third-order valence-electron chi connectivity index (χ3n) is 16.2. The van der Waals surface area contributed by atoms with Crippen LogP contribution in [0, 0.1) is 0 Å². The van der Waals surface area contributed by atoms with Crippen LogP contribution in [-0.4, -0.2) is 116 Å². The van der Waals surface area contributed by atoms with Gasteiger partial charge in [0.15, 0.2) is 29.1 Å². The van der Waals surface area contributed by atoms with Gasteiger partial charge in [-0.2, -0.15) is 4.33 Å². The van der Waals surface area contributed by atoms with Crippen molar-refractivity contribution in [3.63, 3.8) is 0 Å². The summed E-state index contributed by atoms with van der Waals surface area (Å²) in [7, 11) is -14.3. The van der Waals surface area contributed by atoms with E-state index in [9.17, 15) is 44.2 Å². The molecule has 3 unspecified atom stereocenters. The topological polar surface area (TPSA) is 263 Å². The largest absolute Gasteiger partial charge is 1.00 e. The normalized spacial score (nSPS) is 23.9. The summed E-state index contributed by atoms with van der Waals surface area (Å²) in [5, 5.41) is 16.0. The predicted molar refractivity (Wildman–Crippen MR) is 283 cm³/mol. The van der Waals surface area contributed by atoms with Crippen LogP contribution in [0.25, 0.3) is 21.5 Å². The maximum atomic E-state index is 13.5. The molecule has 2 saturated heterocycles. The van der Waals surface area contributed by atoms with Crippen molar-refractivity contribution in [2.45, 2.75) is 105 Å². The van der Waals surface area contributed by atoms with Crippen molar-refractivity contribution in [1.29, 1.82) is 0 Å². The zero-order valence-corrected chi connectivity index (χ0v) is 58.5. The number of hydrogen-bond acceptors (Lipinski definition) is 16. The third kappa shape index (κ3) is 12.3. The fourth-order valence-corrected chi connectivity index (χ4v) is 14.6. The molecule has 1 aliphatic carbocycles. The Kier molecular flexibility index (Phi) is 22.8. The summed E-state index contributed by atoms with van der Waals surface area (Å²) in [5.41, 5.74) is 6.36. The Bertz CT molecular complexity index is 3540. The van der Waals surface area contributed by atoms with Crippen molar-refractivity contribution in [1.82, 2.24) is 9.38 Å². The number of hydrogen-bond donors (Lipinski definition) is 0. The molecule has 404 valence electrons. The number of rotatable bonds is 14. The molecule has 3 atom stereocenters. The van der Waals surface area contributed by atoms with Gasteiger partial charge in [-0.25, -0.2) is 34.3 Å². The maximum absolute atomic E-state index is 13.5. The average molecular weight is 1220 g/mol. The molecule has 3 fully saturated rings. The van der Waals surface area contributed by atoms with Gasteiger partial charge in [0, 0.05) is 63.2 Å². The number of anilines is 1. The zero-order valence-electron chi connectivity index (χ0n) is 45.9. The minimum atomic E-state index is -4.92.